The number of halogens is 3. The SMILES string of the molecule is COCC#Cc1sc2ncn(CC(=O)N3CC(C)(F)C3)c(=O)c2c1-c1ccc(F)c(Br)c1. The standard InChI is InChI=1S/C22H18BrF2N3O3S/c1-22(25)10-28(11-22)17(29)9-27-12-26-20-19(21(27)30)18(16(32-20)4-3-7-31-2)13-5-6-15(24)14(23)8-13/h5-6,8,12H,7,9-11H2,1-2H3. The van der Waals surface area contributed by atoms with Crippen LogP contribution in [-0.4, -0.2) is 52.8 Å². The van der Waals surface area contributed by atoms with E-state index < -0.39 is 17.0 Å². The van der Waals surface area contributed by atoms with Crippen molar-refractivity contribution >= 4 is 43.4 Å². The molecule has 0 N–H and O–H groups in total. The van der Waals surface area contributed by atoms with E-state index in [0.717, 1.165) is 0 Å². The summed E-state index contributed by atoms with van der Waals surface area (Å²) in [4.78, 5) is 32.6. The average Bonchev–Trinajstić information content (AvgIpc) is 3.09. The molecule has 0 unspecified atom stereocenters. The van der Waals surface area contributed by atoms with Crippen molar-refractivity contribution in [3.63, 3.8) is 0 Å². The quantitative estimate of drug-likeness (QED) is 0.492. The van der Waals surface area contributed by atoms with Gasteiger partial charge in [-0.25, -0.2) is 13.8 Å². The maximum atomic E-state index is 13.8. The van der Waals surface area contributed by atoms with Gasteiger partial charge in [0.05, 0.1) is 34.2 Å². The van der Waals surface area contributed by atoms with Gasteiger partial charge in [0.15, 0.2) is 0 Å². The van der Waals surface area contributed by atoms with Crippen molar-refractivity contribution < 1.29 is 18.3 Å². The Morgan fingerprint density at radius 1 is 1.41 bits per heavy atom. The number of methoxy groups -OCH3 is 1. The summed E-state index contributed by atoms with van der Waals surface area (Å²) in [6.45, 7) is 1.40. The van der Waals surface area contributed by atoms with Crippen LogP contribution in [0, 0.1) is 17.7 Å². The molecule has 6 nitrogen and oxygen atoms in total. The van der Waals surface area contributed by atoms with Gasteiger partial charge in [-0.05, 0) is 40.5 Å². The number of rotatable bonds is 4. The van der Waals surface area contributed by atoms with E-state index in [-0.39, 0.29) is 36.6 Å². The van der Waals surface area contributed by atoms with Gasteiger partial charge < -0.3 is 9.64 Å². The first-order valence-corrected chi connectivity index (χ1v) is 11.2. The van der Waals surface area contributed by atoms with E-state index in [1.54, 1.807) is 12.1 Å². The van der Waals surface area contributed by atoms with Crippen molar-refractivity contribution in [3.05, 3.63) is 50.0 Å². The Labute approximate surface area is 194 Å². The first kappa shape index (κ1) is 22.6. The summed E-state index contributed by atoms with van der Waals surface area (Å²) in [5.41, 5.74) is -0.702. The van der Waals surface area contributed by atoms with E-state index in [1.807, 2.05) is 0 Å². The molecule has 10 heteroatoms. The second-order valence-electron chi connectivity index (χ2n) is 7.69. The fourth-order valence-corrected chi connectivity index (χ4v) is 4.92. The minimum Gasteiger partial charge on any atom is -0.372 e. The molecule has 32 heavy (non-hydrogen) atoms. The largest absolute Gasteiger partial charge is 0.372 e. The zero-order valence-corrected chi connectivity index (χ0v) is 19.6. The van der Waals surface area contributed by atoms with E-state index in [1.165, 1.54) is 47.2 Å². The smallest absolute Gasteiger partial charge is 0.263 e. The highest BCUT2D eigenvalue weighted by molar-refractivity contribution is 9.10. The van der Waals surface area contributed by atoms with Crippen molar-refractivity contribution in [2.75, 3.05) is 26.8 Å². The van der Waals surface area contributed by atoms with Crippen LogP contribution in [0.15, 0.2) is 33.8 Å². The molecule has 0 radical (unpaired) electrons. The van der Waals surface area contributed by atoms with Crippen molar-refractivity contribution in [2.24, 2.45) is 0 Å². The summed E-state index contributed by atoms with van der Waals surface area (Å²) in [6, 6.07) is 4.43. The van der Waals surface area contributed by atoms with Crippen LogP contribution in [-0.2, 0) is 16.1 Å². The van der Waals surface area contributed by atoms with Gasteiger partial charge in [0.1, 0.15) is 29.5 Å². The lowest BCUT2D eigenvalue weighted by molar-refractivity contribution is -0.144. The molecule has 1 saturated heterocycles. The molecule has 0 spiro atoms. The van der Waals surface area contributed by atoms with E-state index in [4.69, 9.17) is 4.74 Å². The zero-order chi connectivity index (χ0) is 23.0. The van der Waals surface area contributed by atoms with Gasteiger partial charge in [-0.3, -0.25) is 14.2 Å². The van der Waals surface area contributed by atoms with Gasteiger partial charge in [0, 0.05) is 12.7 Å². The summed E-state index contributed by atoms with van der Waals surface area (Å²) in [5, 5.41) is 0.296. The third-order valence-electron chi connectivity index (χ3n) is 5.00. The molecular formula is C22H18BrF2N3O3S. The molecule has 166 valence electrons. The van der Waals surface area contributed by atoms with Crippen molar-refractivity contribution in [1.82, 2.24) is 14.5 Å². The first-order chi connectivity index (χ1) is 15.2. The number of carbonyl (C=O) groups is 1. The number of ether oxygens (including phenoxy) is 1. The molecule has 1 aliphatic rings. The number of hydrogen-bond donors (Lipinski definition) is 0. The molecule has 3 heterocycles. The number of amides is 1. The van der Waals surface area contributed by atoms with Gasteiger partial charge in [0.25, 0.3) is 5.56 Å². The molecular weight excluding hydrogens is 504 g/mol. The predicted molar refractivity (Wildman–Crippen MR) is 122 cm³/mol. The van der Waals surface area contributed by atoms with Gasteiger partial charge >= 0.3 is 0 Å². The average molecular weight is 522 g/mol. The van der Waals surface area contributed by atoms with Crippen LogP contribution in [0.5, 0.6) is 0 Å². The van der Waals surface area contributed by atoms with Crippen LogP contribution in [0.1, 0.15) is 11.8 Å². The Morgan fingerprint density at radius 3 is 2.81 bits per heavy atom. The van der Waals surface area contributed by atoms with Crippen LogP contribution in [0.25, 0.3) is 21.3 Å². The van der Waals surface area contributed by atoms with Crippen LogP contribution < -0.4 is 5.56 Å². The molecule has 1 amide bonds. The number of benzene rings is 1. The second kappa shape index (κ2) is 8.73. The van der Waals surface area contributed by atoms with Crippen molar-refractivity contribution in [3.8, 4) is 23.0 Å². The number of aromatic nitrogens is 2. The Morgan fingerprint density at radius 2 is 2.16 bits per heavy atom. The van der Waals surface area contributed by atoms with Gasteiger partial charge in [-0.15, -0.1) is 11.3 Å². The Bertz CT molecular complexity index is 1330. The predicted octanol–water partition coefficient (Wildman–Crippen LogP) is 3.59. The summed E-state index contributed by atoms with van der Waals surface area (Å²) >= 11 is 4.42. The third kappa shape index (κ3) is 4.33. The minimum atomic E-state index is -1.39. The summed E-state index contributed by atoms with van der Waals surface area (Å²) in [5.74, 6) is 5.08. The molecule has 0 aliphatic carbocycles. The highest BCUT2D eigenvalue weighted by Crippen LogP contribution is 2.37. The monoisotopic (exact) mass is 521 g/mol. The highest BCUT2D eigenvalue weighted by atomic mass is 79.9. The van der Waals surface area contributed by atoms with E-state index in [2.05, 4.69) is 32.8 Å². The first-order valence-electron chi connectivity index (χ1n) is 9.62. The fourth-order valence-electron chi connectivity index (χ4n) is 3.51. The fraction of sp³-hybridized carbons (Fsp3) is 0.318. The van der Waals surface area contributed by atoms with E-state index in [9.17, 15) is 18.4 Å². The van der Waals surface area contributed by atoms with Crippen molar-refractivity contribution in [1.29, 1.82) is 0 Å². The maximum Gasteiger partial charge on any atom is 0.263 e. The molecule has 4 rings (SSSR count). The molecule has 0 saturated carbocycles. The maximum absolute atomic E-state index is 13.8. The molecule has 1 aliphatic heterocycles. The number of thiophene rings is 1. The van der Waals surface area contributed by atoms with Crippen molar-refractivity contribution in [2.45, 2.75) is 19.1 Å². The molecule has 3 aromatic rings. The zero-order valence-electron chi connectivity index (χ0n) is 17.2. The lowest BCUT2D eigenvalue weighted by Gasteiger charge is -2.42. The van der Waals surface area contributed by atoms with Gasteiger partial charge in [-0.1, -0.05) is 17.9 Å². The Balaban J connectivity index is 1.81. The number of likely N-dealkylation sites (tertiary alicyclic amines) is 1. The molecule has 0 atom stereocenters. The normalized spacial score (nSPS) is 14.7. The third-order valence-corrected chi connectivity index (χ3v) is 6.63. The minimum absolute atomic E-state index is 0.00278. The molecule has 2 aromatic heterocycles. The topological polar surface area (TPSA) is 64.4 Å². The lowest BCUT2D eigenvalue weighted by Crippen LogP contribution is -2.60. The number of carbonyl (C=O) groups excluding carboxylic acids is 1. The molecule has 1 aromatic carbocycles. The highest BCUT2D eigenvalue weighted by Gasteiger charge is 2.41. The lowest BCUT2D eigenvalue weighted by atomic mass is 9.99. The van der Waals surface area contributed by atoms with Crippen LogP contribution in [0.3, 0.4) is 0 Å². The Kier molecular flexibility index (Phi) is 6.16. The van der Waals surface area contributed by atoms with Gasteiger partial charge in [-0.2, -0.15) is 0 Å². The van der Waals surface area contributed by atoms with E-state index >= 15 is 0 Å². The summed E-state index contributed by atoms with van der Waals surface area (Å²) in [6.07, 6.45) is 1.31. The summed E-state index contributed by atoms with van der Waals surface area (Å²) in [7, 11) is 1.53. The summed E-state index contributed by atoms with van der Waals surface area (Å²) < 4.78 is 34.0. The van der Waals surface area contributed by atoms with Crippen LogP contribution in [0.2, 0.25) is 0 Å². The number of alkyl halides is 1. The number of fused-ring (bicyclic) bond motifs is 1. The molecule has 0 bridgehead atoms. The second-order valence-corrected chi connectivity index (χ2v) is 9.54. The van der Waals surface area contributed by atoms with Gasteiger partial charge in [0.2, 0.25) is 5.91 Å². The van der Waals surface area contributed by atoms with E-state index in [0.29, 0.717) is 26.2 Å². The van der Waals surface area contributed by atoms with Crippen LogP contribution >= 0.6 is 27.3 Å². The Hall–Kier alpha value is -2.61. The number of hydrogen-bond acceptors (Lipinski definition) is 5. The number of nitrogens with zero attached hydrogens (tertiary/aromatic N) is 3. The molecule has 1 fully saturated rings. The van der Waals surface area contributed by atoms with Crippen LogP contribution in [0.4, 0.5) is 8.78 Å².